The lowest BCUT2D eigenvalue weighted by Gasteiger charge is -2.13. The van der Waals surface area contributed by atoms with E-state index in [1.165, 1.54) is 18.1 Å². The topological polar surface area (TPSA) is 123 Å². The van der Waals surface area contributed by atoms with Crippen LogP contribution in [-0.2, 0) is 13.0 Å². The first-order valence-electron chi connectivity index (χ1n) is 9.46. The van der Waals surface area contributed by atoms with Crippen molar-refractivity contribution in [3.63, 3.8) is 0 Å². The number of aromatic nitrogens is 4. The third kappa shape index (κ3) is 4.35. The van der Waals surface area contributed by atoms with Crippen molar-refractivity contribution in [2.75, 3.05) is 25.4 Å². The molecule has 160 valence electrons. The van der Waals surface area contributed by atoms with Crippen LogP contribution in [0.4, 0.5) is 11.5 Å². The summed E-state index contributed by atoms with van der Waals surface area (Å²) in [6.07, 6.45) is 2.10. The Labute approximate surface area is 183 Å². The second kappa shape index (κ2) is 9.11. The summed E-state index contributed by atoms with van der Waals surface area (Å²) in [5, 5.41) is 11.7. The molecule has 4 rings (SSSR count). The zero-order valence-corrected chi connectivity index (χ0v) is 17.8. The minimum atomic E-state index is 0.320. The first-order chi connectivity index (χ1) is 15.1. The predicted molar refractivity (Wildman–Crippen MR) is 121 cm³/mol. The molecular weight excluding hydrogens is 416 g/mol. The first-order valence-corrected chi connectivity index (χ1v) is 10.3. The van der Waals surface area contributed by atoms with Gasteiger partial charge in [-0.15, -0.1) is 0 Å². The van der Waals surface area contributed by atoms with Crippen molar-refractivity contribution >= 4 is 34.4 Å². The van der Waals surface area contributed by atoms with Crippen LogP contribution in [0.15, 0.2) is 58.8 Å². The summed E-state index contributed by atoms with van der Waals surface area (Å²) >= 11 is 1.43. The van der Waals surface area contributed by atoms with Gasteiger partial charge in [-0.05, 0) is 54.1 Å². The Kier molecular flexibility index (Phi) is 6.10. The predicted octanol–water partition coefficient (Wildman–Crippen LogP) is 3.73. The first kappa shape index (κ1) is 20.8. The highest BCUT2D eigenvalue weighted by Crippen LogP contribution is 2.38. The summed E-state index contributed by atoms with van der Waals surface area (Å²) in [4.78, 5) is 14.0. The van der Waals surface area contributed by atoms with Crippen LogP contribution in [0.1, 0.15) is 5.56 Å². The summed E-state index contributed by atoms with van der Waals surface area (Å²) in [7, 11) is 3.24. The van der Waals surface area contributed by atoms with E-state index in [1.54, 1.807) is 20.3 Å². The lowest BCUT2D eigenvalue weighted by Crippen LogP contribution is -2.05. The molecule has 0 aliphatic heterocycles. The molecule has 0 spiro atoms. The van der Waals surface area contributed by atoms with E-state index in [1.807, 2.05) is 46.4 Å². The SMILES string of the molecule is COc1ccc(OC)c(Sc2nc3c(N)ncnc3n2CCc2cccc(N[O-])c2)c1. The van der Waals surface area contributed by atoms with Gasteiger partial charge < -0.3 is 30.5 Å². The van der Waals surface area contributed by atoms with Gasteiger partial charge in [-0.25, -0.2) is 15.0 Å². The number of nitrogens with one attached hydrogen (secondary N) is 1. The van der Waals surface area contributed by atoms with Crippen LogP contribution >= 0.6 is 11.8 Å². The van der Waals surface area contributed by atoms with Crippen molar-refractivity contribution in [2.45, 2.75) is 23.0 Å². The summed E-state index contributed by atoms with van der Waals surface area (Å²) in [5.74, 6) is 1.74. The van der Waals surface area contributed by atoms with E-state index < -0.39 is 0 Å². The molecule has 2 aromatic heterocycles. The molecule has 9 nitrogen and oxygen atoms in total. The van der Waals surface area contributed by atoms with E-state index in [9.17, 15) is 5.21 Å². The maximum Gasteiger partial charge on any atom is 0.175 e. The van der Waals surface area contributed by atoms with Gasteiger partial charge in [0.1, 0.15) is 17.8 Å². The number of fused-ring (bicyclic) bond motifs is 1. The van der Waals surface area contributed by atoms with Gasteiger partial charge in [0, 0.05) is 12.2 Å². The van der Waals surface area contributed by atoms with E-state index >= 15 is 0 Å². The number of benzene rings is 2. The van der Waals surface area contributed by atoms with Gasteiger partial charge >= 0.3 is 0 Å². The van der Waals surface area contributed by atoms with Gasteiger partial charge in [-0.1, -0.05) is 12.1 Å². The Hall–Kier alpha value is -3.50. The van der Waals surface area contributed by atoms with E-state index in [4.69, 9.17) is 20.2 Å². The Morgan fingerprint density at radius 1 is 1.13 bits per heavy atom. The van der Waals surface area contributed by atoms with Crippen molar-refractivity contribution in [1.82, 2.24) is 19.5 Å². The summed E-state index contributed by atoms with van der Waals surface area (Å²) in [6.45, 7) is 0.587. The van der Waals surface area contributed by atoms with Crippen LogP contribution < -0.4 is 20.7 Å². The molecule has 0 fully saturated rings. The zero-order chi connectivity index (χ0) is 21.8. The fourth-order valence-corrected chi connectivity index (χ4v) is 4.26. The molecule has 3 N–H and O–H groups in total. The van der Waals surface area contributed by atoms with Gasteiger partial charge in [0.2, 0.25) is 0 Å². The van der Waals surface area contributed by atoms with Crippen LogP contribution in [0.3, 0.4) is 0 Å². The number of rotatable bonds is 8. The number of nitrogen functional groups attached to an aromatic ring is 1. The highest BCUT2D eigenvalue weighted by atomic mass is 32.2. The summed E-state index contributed by atoms with van der Waals surface area (Å²) in [6, 6.07) is 13.0. The van der Waals surface area contributed by atoms with Gasteiger partial charge in [0.05, 0.1) is 19.1 Å². The van der Waals surface area contributed by atoms with E-state index in [0.29, 0.717) is 52.3 Å². The molecule has 0 unspecified atom stereocenters. The lowest BCUT2D eigenvalue weighted by atomic mass is 10.1. The van der Waals surface area contributed by atoms with Gasteiger partial charge in [-0.3, -0.25) is 0 Å². The fourth-order valence-electron chi connectivity index (χ4n) is 3.21. The average molecular weight is 438 g/mol. The third-order valence-corrected chi connectivity index (χ3v) is 5.80. The Bertz CT molecular complexity index is 1210. The fraction of sp³-hybridized carbons (Fsp3) is 0.190. The number of aryl methyl sites for hydroxylation is 2. The number of ether oxygens (including phenoxy) is 2. The summed E-state index contributed by atoms with van der Waals surface area (Å²) < 4.78 is 12.9. The monoisotopic (exact) mass is 437 g/mol. The molecule has 2 heterocycles. The minimum Gasteiger partial charge on any atom is -0.761 e. The molecule has 0 atom stereocenters. The minimum absolute atomic E-state index is 0.320. The Balaban J connectivity index is 1.72. The zero-order valence-electron chi connectivity index (χ0n) is 17.0. The van der Waals surface area contributed by atoms with Crippen molar-refractivity contribution < 1.29 is 9.47 Å². The molecule has 10 heteroatoms. The Morgan fingerprint density at radius 2 is 2.00 bits per heavy atom. The number of imidazole rings is 1. The van der Waals surface area contributed by atoms with Crippen LogP contribution in [-0.4, -0.2) is 33.7 Å². The van der Waals surface area contributed by atoms with E-state index in [2.05, 4.69) is 9.97 Å². The second-order valence-electron chi connectivity index (χ2n) is 6.65. The van der Waals surface area contributed by atoms with Gasteiger partial charge in [0.15, 0.2) is 22.1 Å². The lowest BCUT2D eigenvalue weighted by molar-refractivity contribution is 0.394. The van der Waals surface area contributed by atoms with Crippen LogP contribution in [0.5, 0.6) is 11.5 Å². The molecule has 0 saturated heterocycles. The van der Waals surface area contributed by atoms with Gasteiger partial charge in [0.25, 0.3) is 0 Å². The molecule has 31 heavy (non-hydrogen) atoms. The van der Waals surface area contributed by atoms with Crippen LogP contribution in [0.2, 0.25) is 0 Å². The molecule has 0 aliphatic carbocycles. The molecule has 0 amide bonds. The number of anilines is 2. The molecule has 4 aromatic rings. The summed E-state index contributed by atoms with van der Waals surface area (Å²) in [5.41, 5.74) is 10.7. The van der Waals surface area contributed by atoms with Crippen LogP contribution in [0, 0.1) is 5.21 Å². The largest absolute Gasteiger partial charge is 0.761 e. The molecule has 0 aliphatic rings. The standard InChI is InChI=1S/C21H21N6O3S/c1-29-15-6-7-16(30-2)17(11-15)31-21-25-18-19(22)23-12-24-20(18)27(21)9-8-13-4-3-5-14(10-13)26-28/h3-7,10-12,26H,8-9H2,1-2H3,(H2,22,23,24)/q-1. The van der Waals surface area contributed by atoms with Crippen molar-refractivity contribution in [3.05, 3.63) is 59.6 Å². The van der Waals surface area contributed by atoms with Gasteiger partial charge in [-0.2, -0.15) is 0 Å². The number of nitrogens with two attached hydrogens (primary N) is 1. The number of nitrogens with zero attached hydrogens (tertiary/aromatic N) is 4. The highest BCUT2D eigenvalue weighted by molar-refractivity contribution is 7.99. The van der Waals surface area contributed by atoms with E-state index in [0.717, 1.165) is 10.5 Å². The Morgan fingerprint density at radius 3 is 2.77 bits per heavy atom. The highest BCUT2D eigenvalue weighted by Gasteiger charge is 2.18. The third-order valence-electron chi connectivity index (χ3n) is 4.77. The second-order valence-corrected chi connectivity index (χ2v) is 7.66. The molecular formula is C21H21N6O3S-. The van der Waals surface area contributed by atoms with Crippen molar-refractivity contribution in [3.8, 4) is 11.5 Å². The number of methoxy groups -OCH3 is 2. The average Bonchev–Trinajstić information content (AvgIpc) is 3.16. The number of hydrogen-bond acceptors (Lipinski definition) is 9. The van der Waals surface area contributed by atoms with Crippen molar-refractivity contribution in [1.29, 1.82) is 0 Å². The maximum atomic E-state index is 11.0. The molecule has 0 saturated carbocycles. The van der Waals surface area contributed by atoms with E-state index in [-0.39, 0.29) is 0 Å². The molecule has 2 aromatic carbocycles. The maximum absolute atomic E-state index is 11.0. The molecule has 0 radical (unpaired) electrons. The number of hydrogen-bond donors (Lipinski definition) is 2. The quantitative estimate of drug-likeness (QED) is 0.397. The molecule has 0 bridgehead atoms. The van der Waals surface area contributed by atoms with Crippen LogP contribution in [0.25, 0.3) is 11.2 Å². The smallest absolute Gasteiger partial charge is 0.175 e. The normalized spacial score (nSPS) is 10.9. The van der Waals surface area contributed by atoms with Crippen molar-refractivity contribution in [2.24, 2.45) is 0 Å².